The van der Waals surface area contributed by atoms with E-state index in [0.29, 0.717) is 6.42 Å². The third-order valence-electron chi connectivity index (χ3n) is 2.71. The highest BCUT2D eigenvalue weighted by molar-refractivity contribution is 5.67. The third-order valence-corrected chi connectivity index (χ3v) is 2.71. The zero-order valence-corrected chi connectivity index (χ0v) is 9.93. The summed E-state index contributed by atoms with van der Waals surface area (Å²) >= 11 is 0. The van der Waals surface area contributed by atoms with Crippen LogP contribution in [0.1, 0.15) is 33.6 Å². The predicted octanol–water partition coefficient (Wildman–Crippen LogP) is 2.80. The maximum atomic E-state index is 12.4. The average Bonchev–Trinajstić information content (AvgIpc) is 1.96. The van der Waals surface area contributed by atoms with Crippen LogP contribution in [0.2, 0.25) is 0 Å². The van der Waals surface area contributed by atoms with Gasteiger partial charge in [0.2, 0.25) is 6.43 Å². The van der Waals surface area contributed by atoms with Gasteiger partial charge in [-0.25, -0.2) is 13.6 Å². The molecule has 5 heteroatoms. The highest BCUT2D eigenvalue weighted by Crippen LogP contribution is 2.38. The minimum atomic E-state index is -2.28. The smallest absolute Gasteiger partial charge is 0.407 e. The molecule has 1 rings (SSSR count). The Morgan fingerprint density at radius 2 is 2.06 bits per heavy atom. The number of carbonyl (C=O) groups is 1. The lowest BCUT2D eigenvalue weighted by Gasteiger charge is -2.36. The van der Waals surface area contributed by atoms with Crippen LogP contribution in [-0.4, -0.2) is 24.7 Å². The lowest BCUT2D eigenvalue weighted by molar-refractivity contribution is -0.0130. The topological polar surface area (TPSA) is 38.3 Å². The third kappa shape index (κ3) is 3.94. The zero-order chi connectivity index (χ0) is 12.3. The highest BCUT2D eigenvalue weighted by atomic mass is 19.3. The number of carbonyl (C=O) groups excluding carboxylic acids is 1. The Bertz CT molecular complexity index is 251. The normalized spacial score (nSPS) is 25.1. The Kier molecular flexibility index (Phi) is 4.10. The second-order valence-electron chi connectivity index (χ2n) is 5.22. The molecule has 0 radical (unpaired) electrons. The Hall–Kier alpha value is -0.870. The van der Waals surface area contributed by atoms with Crippen LogP contribution in [0.3, 0.4) is 0 Å². The molecule has 3 nitrogen and oxygen atoms in total. The summed E-state index contributed by atoms with van der Waals surface area (Å²) in [6.07, 6.45) is -1.50. The van der Waals surface area contributed by atoms with E-state index in [9.17, 15) is 13.6 Å². The van der Waals surface area contributed by atoms with Gasteiger partial charge in [0.1, 0.15) is 5.60 Å². The first-order valence-electron chi connectivity index (χ1n) is 5.54. The lowest BCUT2D eigenvalue weighted by Crippen LogP contribution is -2.42. The zero-order valence-electron chi connectivity index (χ0n) is 9.93. The standard InChI is InChI=1S/C11H19F2NO2/c1-11(2,3)16-10(15)14-6-7-4-5-8(7)9(12)13/h7-9H,4-6H2,1-3H3,(H,14,15)/t7-,8+/m1/s1. The molecule has 0 aromatic rings. The molecular weight excluding hydrogens is 216 g/mol. The van der Waals surface area contributed by atoms with Gasteiger partial charge in [0, 0.05) is 12.5 Å². The van der Waals surface area contributed by atoms with Gasteiger partial charge in [0.15, 0.2) is 0 Å². The molecule has 0 saturated heterocycles. The summed E-state index contributed by atoms with van der Waals surface area (Å²) in [5.74, 6) is -0.664. The molecule has 0 heterocycles. The number of amides is 1. The van der Waals surface area contributed by atoms with Crippen LogP contribution in [0.4, 0.5) is 13.6 Å². The van der Waals surface area contributed by atoms with Crippen molar-refractivity contribution in [2.75, 3.05) is 6.54 Å². The van der Waals surface area contributed by atoms with Crippen LogP contribution in [-0.2, 0) is 4.74 Å². The van der Waals surface area contributed by atoms with Crippen LogP contribution in [0.25, 0.3) is 0 Å². The molecule has 16 heavy (non-hydrogen) atoms. The second-order valence-corrected chi connectivity index (χ2v) is 5.22. The van der Waals surface area contributed by atoms with Gasteiger partial charge in [0.05, 0.1) is 0 Å². The molecule has 1 N–H and O–H groups in total. The first kappa shape index (κ1) is 13.2. The first-order chi connectivity index (χ1) is 7.29. The molecule has 1 saturated carbocycles. The highest BCUT2D eigenvalue weighted by Gasteiger charge is 2.37. The number of hydrogen-bond donors (Lipinski definition) is 1. The van der Waals surface area contributed by atoms with E-state index >= 15 is 0 Å². The van der Waals surface area contributed by atoms with Gasteiger partial charge < -0.3 is 10.1 Å². The molecule has 94 valence electrons. The lowest BCUT2D eigenvalue weighted by atomic mass is 9.74. The van der Waals surface area contributed by atoms with Crippen molar-refractivity contribution >= 4 is 6.09 Å². The number of halogens is 2. The van der Waals surface area contributed by atoms with E-state index in [1.165, 1.54) is 0 Å². The average molecular weight is 235 g/mol. The van der Waals surface area contributed by atoms with E-state index in [1.807, 2.05) is 0 Å². The van der Waals surface area contributed by atoms with E-state index in [-0.39, 0.29) is 12.5 Å². The fraction of sp³-hybridized carbons (Fsp3) is 0.909. The van der Waals surface area contributed by atoms with Crippen molar-refractivity contribution in [2.24, 2.45) is 11.8 Å². The van der Waals surface area contributed by atoms with Crippen LogP contribution in [0.15, 0.2) is 0 Å². The summed E-state index contributed by atoms with van der Waals surface area (Å²) in [7, 11) is 0. The molecule has 0 bridgehead atoms. The van der Waals surface area contributed by atoms with Gasteiger partial charge >= 0.3 is 6.09 Å². The van der Waals surface area contributed by atoms with Gasteiger partial charge in [-0.3, -0.25) is 0 Å². The second kappa shape index (κ2) is 4.97. The molecule has 1 amide bonds. The van der Waals surface area contributed by atoms with Gasteiger partial charge in [0.25, 0.3) is 0 Å². The minimum Gasteiger partial charge on any atom is -0.444 e. The van der Waals surface area contributed by atoms with Crippen LogP contribution < -0.4 is 5.32 Å². The minimum absolute atomic E-state index is 0.104. The number of ether oxygens (including phenoxy) is 1. The van der Waals surface area contributed by atoms with Crippen molar-refractivity contribution in [3.63, 3.8) is 0 Å². The van der Waals surface area contributed by atoms with Crippen LogP contribution in [0.5, 0.6) is 0 Å². The summed E-state index contributed by atoms with van der Waals surface area (Å²) in [4.78, 5) is 11.3. The van der Waals surface area contributed by atoms with Gasteiger partial charge in [-0.15, -0.1) is 0 Å². The quantitative estimate of drug-likeness (QED) is 0.816. The first-order valence-corrected chi connectivity index (χ1v) is 5.54. The predicted molar refractivity (Wildman–Crippen MR) is 56.5 cm³/mol. The number of alkyl carbamates (subject to hydrolysis) is 1. The monoisotopic (exact) mass is 235 g/mol. The number of nitrogens with one attached hydrogen (secondary N) is 1. The van der Waals surface area contributed by atoms with Gasteiger partial charge in [-0.05, 0) is 39.5 Å². The molecular formula is C11H19F2NO2. The molecule has 1 aliphatic carbocycles. The van der Waals surface area contributed by atoms with Crippen molar-refractivity contribution in [3.8, 4) is 0 Å². The van der Waals surface area contributed by atoms with Crippen LogP contribution >= 0.6 is 0 Å². The number of hydrogen-bond acceptors (Lipinski definition) is 2. The van der Waals surface area contributed by atoms with Crippen LogP contribution in [0, 0.1) is 11.8 Å². The fourth-order valence-electron chi connectivity index (χ4n) is 1.71. The van der Waals surface area contributed by atoms with E-state index in [4.69, 9.17) is 4.74 Å². The van der Waals surface area contributed by atoms with Crippen molar-refractivity contribution in [1.82, 2.24) is 5.32 Å². The summed E-state index contributed by atoms with van der Waals surface area (Å²) in [6, 6.07) is 0. The molecule has 0 aliphatic heterocycles. The molecule has 2 atom stereocenters. The van der Waals surface area contributed by atoms with Crippen molar-refractivity contribution in [1.29, 1.82) is 0 Å². The van der Waals surface area contributed by atoms with E-state index in [1.54, 1.807) is 20.8 Å². The van der Waals surface area contributed by atoms with Gasteiger partial charge in [-0.2, -0.15) is 0 Å². The van der Waals surface area contributed by atoms with E-state index < -0.39 is 24.0 Å². The maximum absolute atomic E-state index is 12.4. The summed E-state index contributed by atoms with van der Waals surface area (Å²) in [5, 5.41) is 2.53. The Morgan fingerprint density at radius 1 is 1.44 bits per heavy atom. The van der Waals surface area contributed by atoms with Crippen molar-refractivity contribution in [2.45, 2.75) is 45.6 Å². The summed E-state index contributed by atoms with van der Waals surface area (Å²) < 4.78 is 29.8. The summed E-state index contributed by atoms with van der Waals surface area (Å²) in [5.41, 5.74) is -0.550. The van der Waals surface area contributed by atoms with E-state index in [2.05, 4.69) is 5.32 Å². The van der Waals surface area contributed by atoms with Crippen molar-refractivity contribution in [3.05, 3.63) is 0 Å². The Morgan fingerprint density at radius 3 is 2.44 bits per heavy atom. The van der Waals surface area contributed by atoms with Crippen molar-refractivity contribution < 1.29 is 18.3 Å². The molecule has 0 aromatic carbocycles. The van der Waals surface area contributed by atoms with Gasteiger partial charge in [-0.1, -0.05) is 0 Å². The molecule has 1 fully saturated rings. The largest absolute Gasteiger partial charge is 0.444 e. The Balaban J connectivity index is 2.23. The number of alkyl halides is 2. The summed E-state index contributed by atoms with van der Waals surface area (Å²) in [6.45, 7) is 5.57. The maximum Gasteiger partial charge on any atom is 0.407 e. The molecule has 0 aromatic heterocycles. The molecule has 0 spiro atoms. The fourth-order valence-corrected chi connectivity index (χ4v) is 1.71. The molecule has 1 aliphatic rings. The molecule has 0 unspecified atom stereocenters. The Labute approximate surface area is 94.5 Å². The SMILES string of the molecule is CC(C)(C)OC(=O)NC[C@H]1CC[C@@H]1C(F)F. The number of rotatable bonds is 3. The van der Waals surface area contributed by atoms with E-state index in [0.717, 1.165) is 6.42 Å².